The van der Waals surface area contributed by atoms with E-state index in [0.717, 1.165) is 69.0 Å². The first-order valence-electron chi connectivity index (χ1n) is 11.0. The predicted octanol–water partition coefficient (Wildman–Crippen LogP) is 4.67. The molecule has 0 amide bonds. The van der Waals surface area contributed by atoms with Gasteiger partial charge in [0.05, 0.1) is 5.69 Å². The zero-order valence-corrected chi connectivity index (χ0v) is 18.7. The first-order valence-corrected chi connectivity index (χ1v) is 11.7. The summed E-state index contributed by atoms with van der Waals surface area (Å²) in [4.78, 5) is 27.5. The second kappa shape index (κ2) is 10.1. The van der Waals surface area contributed by atoms with E-state index in [-0.39, 0.29) is 23.6 Å². The van der Waals surface area contributed by atoms with E-state index < -0.39 is 0 Å². The normalized spacial score (nSPS) is 20.9. The molecule has 1 aromatic carbocycles. The molecule has 6 nitrogen and oxygen atoms in total. The monoisotopic (exact) mass is 444 g/mol. The third-order valence-electron chi connectivity index (χ3n) is 6.37. The zero-order chi connectivity index (χ0) is 21.8. The summed E-state index contributed by atoms with van der Waals surface area (Å²) >= 11 is 1.73. The number of nitroso groups, excluding NO2 is 1. The average molecular weight is 445 g/mol. The van der Waals surface area contributed by atoms with Crippen LogP contribution < -0.4 is 0 Å². The first-order chi connectivity index (χ1) is 15.0. The van der Waals surface area contributed by atoms with E-state index in [2.05, 4.69) is 20.4 Å². The average Bonchev–Trinajstić information content (AvgIpc) is 3.04. The van der Waals surface area contributed by atoms with Crippen molar-refractivity contribution in [3.63, 3.8) is 0 Å². The summed E-state index contributed by atoms with van der Waals surface area (Å²) in [6.45, 7) is 4.66. The molecule has 1 aromatic heterocycles. The van der Waals surface area contributed by atoms with Crippen LogP contribution in [0.4, 0.5) is 4.39 Å². The maximum absolute atomic E-state index is 13.1. The Morgan fingerprint density at radius 2 is 1.84 bits per heavy atom. The van der Waals surface area contributed by atoms with E-state index in [1.807, 2.05) is 17.8 Å². The zero-order valence-electron chi connectivity index (χ0n) is 17.9. The van der Waals surface area contributed by atoms with Crippen molar-refractivity contribution in [2.75, 3.05) is 32.7 Å². The smallest absolute Gasteiger partial charge is 0.166 e. The van der Waals surface area contributed by atoms with E-state index in [1.165, 1.54) is 12.1 Å². The summed E-state index contributed by atoms with van der Waals surface area (Å²) in [7, 11) is 1.97. The number of rotatable bonds is 7. The quantitative estimate of drug-likeness (QED) is 0.353. The number of carbonyl (C=O) groups excluding carboxylic acids is 1. The summed E-state index contributed by atoms with van der Waals surface area (Å²) in [5, 5.41) is 3.35. The summed E-state index contributed by atoms with van der Waals surface area (Å²) in [5.41, 5.74) is 1.64. The number of fused-ring (bicyclic) bond motifs is 1. The summed E-state index contributed by atoms with van der Waals surface area (Å²) in [6.07, 6.45) is 5.50. The molecule has 0 spiro atoms. The third kappa shape index (κ3) is 5.25. The van der Waals surface area contributed by atoms with Crippen LogP contribution in [-0.2, 0) is 7.05 Å². The lowest BCUT2D eigenvalue weighted by Gasteiger charge is -2.31. The minimum absolute atomic E-state index is 0.0344. The molecule has 1 unspecified atom stereocenters. The van der Waals surface area contributed by atoms with Crippen LogP contribution in [0, 0.1) is 16.6 Å². The van der Waals surface area contributed by atoms with Gasteiger partial charge in [-0.1, -0.05) is 5.18 Å². The van der Waals surface area contributed by atoms with Gasteiger partial charge in [-0.05, 0) is 87.6 Å². The standard InChI is InChI=1S/C23H29FN4O2S/c1-26-13-10-21-22(26)20(25-30)9-16-28(31-21)12-2-11-27-14-7-18(8-15-27)23(29)17-3-5-19(24)6-4-17/h3-6,10,13,18,20H,2,7-9,11-12,14-16H2,1H3. The van der Waals surface area contributed by atoms with Crippen molar-refractivity contribution < 1.29 is 9.18 Å². The van der Waals surface area contributed by atoms with Crippen LogP contribution in [0.5, 0.6) is 0 Å². The molecule has 2 aromatic rings. The molecule has 0 N–H and O–H groups in total. The molecule has 0 saturated carbocycles. The fourth-order valence-electron chi connectivity index (χ4n) is 4.58. The highest BCUT2D eigenvalue weighted by molar-refractivity contribution is 7.97. The molecule has 0 aliphatic carbocycles. The molecular weight excluding hydrogens is 415 g/mol. The highest BCUT2D eigenvalue weighted by atomic mass is 32.2. The van der Waals surface area contributed by atoms with E-state index >= 15 is 0 Å². The van der Waals surface area contributed by atoms with Gasteiger partial charge in [0.1, 0.15) is 11.9 Å². The van der Waals surface area contributed by atoms with Crippen molar-refractivity contribution in [3.8, 4) is 0 Å². The number of likely N-dealkylation sites (tertiary alicyclic amines) is 1. The summed E-state index contributed by atoms with van der Waals surface area (Å²) < 4.78 is 17.4. The van der Waals surface area contributed by atoms with Gasteiger partial charge in [-0.3, -0.25) is 4.79 Å². The van der Waals surface area contributed by atoms with Crippen molar-refractivity contribution in [3.05, 3.63) is 58.5 Å². The van der Waals surface area contributed by atoms with Gasteiger partial charge in [0.25, 0.3) is 0 Å². The van der Waals surface area contributed by atoms with Crippen molar-refractivity contribution in [1.82, 2.24) is 13.8 Å². The number of carbonyl (C=O) groups is 1. The molecule has 0 radical (unpaired) electrons. The van der Waals surface area contributed by atoms with Crippen LogP contribution in [0.3, 0.4) is 0 Å². The second-order valence-corrected chi connectivity index (χ2v) is 9.59. The Morgan fingerprint density at radius 3 is 2.55 bits per heavy atom. The molecule has 31 heavy (non-hydrogen) atoms. The van der Waals surface area contributed by atoms with Gasteiger partial charge in [0.2, 0.25) is 0 Å². The Balaban J connectivity index is 1.22. The topological polar surface area (TPSA) is 57.9 Å². The molecule has 3 heterocycles. The van der Waals surface area contributed by atoms with Crippen LogP contribution in [-0.4, -0.2) is 52.3 Å². The Kier molecular flexibility index (Phi) is 7.20. The van der Waals surface area contributed by atoms with Gasteiger partial charge in [0, 0.05) is 42.7 Å². The fourth-order valence-corrected chi connectivity index (χ4v) is 5.77. The number of nitrogens with zero attached hydrogens (tertiary/aromatic N) is 4. The van der Waals surface area contributed by atoms with Gasteiger partial charge in [-0.2, -0.15) is 4.91 Å². The van der Waals surface area contributed by atoms with E-state index in [0.29, 0.717) is 5.56 Å². The third-order valence-corrected chi connectivity index (χ3v) is 7.54. The lowest BCUT2D eigenvalue weighted by Crippen LogP contribution is -2.37. The molecule has 1 fully saturated rings. The predicted molar refractivity (Wildman–Crippen MR) is 121 cm³/mol. The molecule has 166 valence electrons. The first kappa shape index (κ1) is 22.2. The van der Waals surface area contributed by atoms with Gasteiger partial charge in [0.15, 0.2) is 5.78 Å². The molecule has 8 heteroatoms. The van der Waals surface area contributed by atoms with Crippen molar-refractivity contribution in [2.24, 2.45) is 18.1 Å². The molecule has 4 rings (SSSR count). The largest absolute Gasteiger partial charge is 0.352 e. The van der Waals surface area contributed by atoms with Crippen molar-refractivity contribution >= 4 is 17.7 Å². The van der Waals surface area contributed by atoms with Crippen LogP contribution in [0.2, 0.25) is 0 Å². The molecule has 1 atom stereocenters. The highest BCUT2D eigenvalue weighted by Crippen LogP contribution is 2.38. The van der Waals surface area contributed by atoms with Gasteiger partial charge < -0.3 is 9.47 Å². The summed E-state index contributed by atoms with van der Waals surface area (Å²) in [5.74, 6) is -0.139. The minimum Gasteiger partial charge on any atom is -0.352 e. The molecule has 1 saturated heterocycles. The number of ketones is 1. The minimum atomic E-state index is -0.310. The molecule has 0 bridgehead atoms. The molecule has 2 aliphatic heterocycles. The number of aromatic nitrogens is 1. The number of halogens is 1. The fraction of sp³-hybridized carbons (Fsp3) is 0.522. The van der Waals surface area contributed by atoms with E-state index in [4.69, 9.17) is 0 Å². The summed E-state index contributed by atoms with van der Waals surface area (Å²) in [6, 6.07) is 7.69. The van der Waals surface area contributed by atoms with Gasteiger partial charge in [-0.15, -0.1) is 0 Å². The number of aryl methyl sites for hydroxylation is 1. The van der Waals surface area contributed by atoms with Crippen LogP contribution in [0.15, 0.2) is 46.6 Å². The van der Waals surface area contributed by atoms with Gasteiger partial charge in [-0.25, -0.2) is 8.70 Å². The van der Waals surface area contributed by atoms with Crippen molar-refractivity contribution in [1.29, 1.82) is 0 Å². The number of hydrogen-bond donors (Lipinski definition) is 0. The maximum atomic E-state index is 13.1. The van der Waals surface area contributed by atoms with E-state index in [1.54, 1.807) is 24.1 Å². The lowest BCUT2D eigenvalue weighted by molar-refractivity contribution is 0.0838. The van der Waals surface area contributed by atoms with E-state index in [9.17, 15) is 14.1 Å². The SMILES string of the molecule is Cn1ccc2c1C(N=O)CCN(CCCN1CCC(C(=O)c3ccc(F)cc3)CC1)S2. The number of piperidine rings is 1. The van der Waals surface area contributed by atoms with Gasteiger partial charge >= 0.3 is 0 Å². The van der Waals surface area contributed by atoms with Crippen LogP contribution >= 0.6 is 11.9 Å². The highest BCUT2D eigenvalue weighted by Gasteiger charge is 2.28. The Morgan fingerprint density at radius 1 is 1.10 bits per heavy atom. The molecular formula is C23H29FN4O2S. The Hall–Kier alpha value is -2.03. The van der Waals surface area contributed by atoms with Crippen LogP contribution in [0.1, 0.15) is 47.8 Å². The molecule has 2 aliphatic rings. The van der Waals surface area contributed by atoms with Crippen LogP contribution in [0.25, 0.3) is 0 Å². The number of benzene rings is 1. The van der Waals surface area contributed by atoms with Crippen molar-refractivity contribution in [2.45, 2.75) is 36.6 Å². The number of Topliss-reactive ketones (excluding diaryl/α,β-unsaturated/α-hetero) is 1. The Bertz CT molecular complexity index is 909. The Labute approximate surface area is 186 Å². The number of hydrogen-bond acceptors (Lipinski definition) is 6. The lowest BCUT2D eigenvalue weighted by atomic mass is 9.89. The maximum Gasteiger partial charge on any atom is 0.166 e. The second-order valence-electron chi connectivity index (χ2n) is 8.45.